The van der Waals surface area contributed by atoms with Crippen molar-refractivity contribution in [1.29, 1.82) is 0 Å². The Balaban J connectivity index is 3.35. The minimum atomic E-state index is -0.444. The maximum absolute atomic E-state index is 9.72. The lowest BCUT2D eigenvalue weighted by atomic mass is 10.2. The van der Waals surface area contributed by atoms with Crippen LogP contribution >= 0.6 is 0 Å². The molecule has 0 saturated carbocycles. The Hall–Kier alpha value is -0.630. The molecular weight excluding hydrogens is 116 g/mol. The number of carbonyl (C=O) groups excluding carboxylic acids is 1. The third kappa shape index (κ3) is 5.24. The summed E-state index contributed by atoms with van der Waals surface area (Å²) in [5, 5.41) is 8.93. The molecule has 0 amide bonds. The van der Waals surface area contributed by atoms with Crippen LogP contribution in [-0.2, 0) is 4.79 Å². The Morgan fingerprint density at radius 2 is 2.33 bits per heavy atom. The van der Waals surface area contributed by atoms with E-state index in [0.717, 1.165) is 12.8 Å². The van der Waals surface area contributed by atoms with Gasteiger partial charge < -0.3 is 5.11 Å². The van der Waals surface area contributed by atoms with Crippen molar-refractivity contribution in [3.63, 3.8) is 0 Å². The molecule has 1 unspecified atom stereocenters. The zero-order valence-electron chi connectivity index (χ0n) is 5.58. The van der Waals surface area contributed by atoms with Crippen molar-refractivity contribution in [2.75, 3.05) is 0 Å². The summed E-state index contributed by atoms with van der Waals surface area (Å²) < 4.78 is 0. The van der Waals surface area contributed by atoms with Gasteiger partial charge in [-0.15, -0.1) is 0 Å². The Morgan fingerprint density at radius 3 is 2.78 bits per heavy atom. The summed E-state index contributed by atoms with van der Waals surface area (Å²) in [4.78, 5) is 9.72. The lowest BCUT2D eigenvalue weighted by molar-refractivity contribution is -0.104. The van der Waals surface area contributed by atoms with Crippen molar-refractivity contribution in [2.45, 2.75) is 25.9 Å². The summed E-state index contributed by atoms with van der Waals surface area (Å²) in [5.41, 5.74) is 0. The lowest BCUT2D eigenvalue weighted by Gasteiger charge is -1.98. The highest BCUT2D eigenvalue weighted by molar-refractivity contribution is 5.64. The second-order valence-corrected chi connectivity index (χ2v) is 1.88. The van der Waals surface area contributed by atoms with Crippen molar-refractivity contribution < 1.29 is 9.90 Å². The van der Waals surface area contributed by atoms with Gasteiger partial charge in [-0.05, 0) is 12.5 Å². The minimum absolute atomic E-state index is 0.444. The van der Waals surface area contributed by atoms with E-state index in [1.54, 1.807) is 0 Å². The maximum atomic E-state index is 9.72. The number of carbonyl (C=O) groups is 1. The van der Waals surface area contributed by atoms with E-state index < -0.39 is 6.10 Å². The first kappa shape index (κ1) is 8.37. The Labute approximate surface area is 55.2 Å². The first-order valence-corrected chi connectivity index (χ1v) is 3.11. The molecule has 0 rings (SSSR count). The standard InChI is InChI=1S/C7H12O2/c1-2-4-7(9)5-3-6-8/h3,5-7,9H,2,4H2,1H3. The fraction of sp³-hybridized carbons (Fsp3) is 0.571. The van der Waals surface area contributed by atoms with E-state index in [4.69, 9.17) is 5.11 Å². The molecule has 2 nitrogen and oxygen atoms in total. The molecule has 0 bridgehead atoms. The third-order valence-electron chi connectivity index (χ3n) is 0.996. The predicted octanol–water partition coefficient (Wildman–Crippen LogP) is 0.902. The summed E-state index contributed by atoms with van der Waals surface area (Å²) in [6.45, 7) is 1.98. The van der Waals surface area contributed by atoms with Gasteiger partial charge in [0.25, 0.3) is 0 Å². The van der Waals surface area contributed by atoms with Crippen LogP contribution < -0.4 is 0 Å². The van der Waals surface area contributed by atoms with Crippen molar-refractivity contribution in [2.24, 2.45) is 0 Å². The van der Waals surface area contributed by atoms with Crippen LogP contribution in [0, 0.1) is 0 Å². The van der Waals surface area contributed by atoms with Gasteiger partial charge in [0, 0.05) is 0 Å². The molecule has 0 aliphatic heterocycles. The summed E-state index contributed by atoms with van der Waals surface area (Å²) in [5.74, 6) is 0. The SMILES string of the molecule is CCCC(O)C=CC=O. The molecule has 0 saturated heterocycles. The number of hydrogen-bond acceptors (Lipinski definition) is 2. The molecule has 52 valence electrons. The van der Waals surface area contributed by atoms with Crippen LogP contribution in [-0.4, -0.2) is 17.5 Å². The van der Waals surface area contributed by atoms with Crippen LogP contribution in [0.1, 0.15) is 19.8 Å². The molecule has 0 aliphatic carbocycles. The summed E-state index contributed by atoms with van der Waals surface area (Å²) >= 11 is 0. The van der Waals surface area contributed by atoms with Crippen LogP contribution in [0.4, 0.5) is 0 Å². The highest BCUT2D eigenvalue weighted by Gasteiger charge is 1.93. The predicted molar refractivity (Wildman–Crippen MR) is 36.1 cm³/mol. The van der Waals surface area contributed by atoms with Gasteiger partial charge in [-0.3, -0.25) is 4.79 Å². The molecule has 0 fully saturated rings. The number of aliphatic hydroxyl groups excluding tert-OH is 1. The Bertz CT molecular complexity index is 97.1. The quantitative estimate of drug-likeness (QED) is 0.451. The van der Waals surface area contributed by atoms with Gasteiger partial charge in [0.15, 0.2) is 0 Å². The molecule has 1 N–H and O–H groups in total. The van der Waals surface area contributed by atoms with Crippen LogP contribution in [0.25, 0.3) is 0 Å². The molecule has 2 heteroatoms. The van der Waals surface area contributed by atoms with Gasteiger partial charge in [0.05, 0.1) is 6.10 Å². The summed E-state index contributed by atoms with van der Waals surface area (Å²) in [7, 11) is 0. The van der Waals surface area contributed by atoms with E-state index in [1.807, 2.05) is 6.92 Å². The largest absolute Gasteiger partial charge is 0.389 e. The molecule has 1 atom stereocenters. The zero-order valence-corrected chi connectivity index (χ0v) is 5.58. The highest BCUT2D eigenvalue weighted by atomic mass is 16.3. The Kier molecular flexibility index (Phi) is 5.12. The number of allylic oxidation sites excluding steroid dienone is 1. The fourth-order valence-corrected chi connectivity index (χ4v) is 0.566. The molecule has 0 aromatic heterocycles. The second-order valence-electron chi connectivity index (χ2n) is 1.88. The first-order chi connectivity index (χ1) is 4.31. The van der Waals surface area contributed by atoms with Gasteiger partial charge in [0.2, 0.25) is 0 Å². The van der Waals surface area contributed by atoms with Crippen LogP contribution in [0.3, 0.4) is 0 Å². The summed E-state index contributed by atoms with van der Waals surface area (Å²) in [6, 6.07) is 0. The normalized spacial score (nSPS) is 14.0. The van der Waals surface area contributed by atoms with Crippen LogP contribution in [0.15, 0.2) is 12.2 Å². The van der Waals surface area contributed by atoms with E-state index in [0.29, 0.717) is 6.29 Å². The molecular formula is C7H12O2. The molecule has 0 spiro atoms. The van der Waals surface area contributed by atoms with Crippen molar-refractivity contribution in [3.05, 3.63) is 12.2 Å². The highest BCUT2D eigenvalue weighted by Crippen LogP contribution is 1.95. The van der Waals surface area contributed by atoms with E-state index >= 15 is 0 Å². The smallest absolute Gasteiger partial charge is 0.142 e. The number of aliphatic hydroxyl groups is 1. The van der Waals surface area contributed by atoms with Gasteiger partial charge in [0.1, 0.15) is 6.29 Å². The molecule has 0 radical (unpaired) electrons. The molecule has 0 aromatic rings. The number of aldehydes is 1. The monoisotopic (exact) mass is 128 g/mol. The van der Waals surface area contributed by atoms with E-state index in [2.05, 4.69) is 0 Å². The third-order valence-corrected chi connectivity index (χ3v) is 0.996. The van der Waals surface area contributed by atoms with Crippen molar-refractivity contribution >= 4 is 6.29 Å². The van der Waals surface area contributed by atoms with Gasteiger partial charge in [-0.2, -0.15) is 0 Å². The second kappa shape index (κ2) is 5.51. The minimum Gasteiger partial charge on any atom is -0.389 e. The van der Waals surface area contributed by atoms with Crippen molar-refractivity contribution in [1.82, 2.24) is 0 Å². The molecule has 0 aliphatic rings. The topological polar surface area (TPSA) is 37.3 Å². The van der Waals surface area contributed by atoms with Crippen LogP contribution in [0.2, 0.25) is 0 Å². The average molecular weight is 128 g/mol. The first-order valence-electron chi connectivity index (χ1n) is 3.11. The number of hydrogen-bond donors (Lipinski definition) is 1. The van der Waals surface area contributed by atoms with Gasteiger partial charge in [-0.1, -0.05) is 19.4 Å². The van der Waals surface area contributed by atoms with Gasteiger partial charge >= 0.3 is 0 Å². The molecule has 9 heavy (non-hydrogen) atoms. The average Bonchev–Trinajstić information content (AvgIpc) is 1.85. The fourth-order valence-electron chi connectivity index (χ4n) is 0.566. The maximum Gasteiger partial charge on any atom is 0.142 e. The molecule has 0 heterocycles. The molecule has 0 aromatic carbocycles. The van der Waals surface area contributed by atoms with Crippen molar-refractivity contribution in [3.8, 4) is 0 Å². The summed E-state index contributed by atoms with van der Waals surface area (Å²) in [6.07, 6.45) is 4.70. The zero-order chi connectivity index (χ0) is 7.11. The van der Waals surface area contributed by atoms with E-state index in [9.17, 15) is 4.79 Å². The Morgan fingerprint density at radius 1 is 1.67 bits per heavy atom. The van der Waals surface area contributed by atoms with E-state index in [-0.39, 0.29) is 0 Å². The van der Waals surface area contributed by atoms with Crippen LogP contribution in [0.5, 0.6) is 0 Å². The number of rotatable bonds is 4. The lowest BCUT2D eigenvalue weighted by Crippen LogP contribution is -1.99. The van der Waals surface area contributed by atoms with E-state index in [1.165, 1.54) is 12.2 Å². The van der Waals surface area contributed by atoms with Gasteiger partial charge in [-0.25, -0.2) is 0 Å².